The van der Waals surface area contributed by atoms with Crippen LogP contribution >= 0.6 is 0 Å². The molecule has 98 valence electrons. The number of fused-ring (bicyclic) bond motifs is 1. The van der Waals surface area contributed by atoms with Crippen molar-refractivity contribution < 1.29 is 14.7 Å². The molecule has 3 rings (SSSR count). The van der Waals surface area contributed by atoms with Crippen molar-refractivity contribution in [2.24, 2.45) is 10.7 Å². The number of nitrogens with one attached hydrogen (secondary N) is 1. The van der Waals surface area contributed by atoms with Crippen molar-refractivity contribution in [3.8, 4) is 0 Å². The highest BCUT2D eigenvalue weighted by Crippen LogP contribution is 2.41. The summed E-state index contributed by atoms with van der Waals surface area (Å²) in [5.41, 5.74) is 4.43. The van der Waals surface area contributed by atoms with Gasteiger partial charge in [0.15, 0.2) is 17.6 Å². The number of aliphatic imine (C=N–C) groups is 1. The summed E-state index contributed by atoms with van der Waals surface area (Å²) in [5, 5.41) is 13.3. The molecule has 0 bridgehead atoms. The fourth-order valence-corrected chi connectivity index (χ4v) is 2.55. The Morgan fingerprint density at radius 1 is 1.42 bits per heavy atom. The van der Waals surface area contributed by atoms with Gasteiger partial charge in [0.25, 0.3) is 11.8 Å². The monoisotopic (exact) mass is 260 g/mol. The van der Waals surface area contributed by atoms with Crippen LogP contribution in [0, 0.1) is 0 Å². The molecule has 0 saturated carbocycles. The summed E-state index contributed by atoms with van der Waals surface area (Å²) in [6.45, 7) is 0. The summed E-state index contributed by atoms with van der Waals surface area (Å²) in [5.74, 6) is -1.29. The predicted molar refractivity (Wildman–Crippen MR) is 67.1 cm³/mol. The largest absolute Gasteiger partial charge is 0.373 e. The van der Waals surface area contributed by atoms with Crippen LogP contribution in [-0.4, -0.2) is 40.9 Å². The maximum Gasteiger partial charge on any atom is 0.275 e. The number of rotatable bonds is 1. The fourth-order valence-electron chi connectivity index (χ4n) is 2.55. The van der Waals surface area contributed by atoms with Gasteiger partial charge in [-0.25, -0.2) is 0 Å². The van der Waals surface area contributed by atoms with Crippen LogP contribution < -0.4 is 11.1 Å². The van der Waals surface area contributed by atoms with Gasteiger partial charge < -0.3 is 21.1 Å². The highest BCUT2D eigenvalue weighted by atomic mass is 16.3. The van der Waals surface area contributed by atoms with Gasteiger partial charge in [-0.1, -0.05) is 18.2 Å². The second-order valence-corrected chi connectivity index (χ2v) is 4.59. The van der Waals surface area contributed by atoms with E-state index >= 15 is 0 Å². The van der Waals surface area contributed by atoms with Crippen LogP contribution in [0.2, 0.25) is 0 Å². The van der Waals surface area contributed by atoms with Crippen LogP contribution in [0.4, 0.5) is 5.69 Å². The molecule has 0 radical (unpaired) electrons. The Balaban J connectivity index is 2.14. The first kappa shape index (κ1) is 11.7. The Morgan fingerprint density at radius 2 is 2.11 bits per heavy atom. The third-order valence-electron chi connectivity index (χ3n) is 3.54. The molecule has 7 heteroatoms. The molecule has 0 saturated heterocycles. The number of benzene rings is 1. The lowest BCUT2D eigenvalue weighted by Crippen LogP contribution is -2.56. The number of anilines is 1. The fraction of sp³-hybridized carbons (Fsp3) is 0.250. The van der Waals surface area contributed by atoms with Crippen LogP contribution in [0.15, 0.2) is 29.3 Å². The number of carbonyl (C=O) groups excluding carboxylic acids is 2. The predicted octanol–water partition coefficient (Wildman–Crippen LogP) is -1.02. The third-order valence-corrected chi connectivity index (χ3v) is 3.54. The first-order valence-electron chi connectivity index (χ1n) is 5.70. The minimum atomic E-state index is -1.98. The van der Waals surface area contributed by atoms with E-state index in [1.54, 1.807) is 24.3 Å². The minimum Gasteiger partial charge on any atom is -0.373 e. The molecule has 1 aromatic rings. The molecule has 0 fully saturated rings. The van der Waals surface area contributed by atoms with Crippen molar-refractivity contribution in [1.29, 1.82) is 0 Å². The molecule has 2 amide bonds. The van der Waals surface area contributed by atoms with E-state index in [1.807, 2.05) is 0 Å². The van der Waals surface area contributed by atoms with Crippen LogP contribution in [0.3, 0.4) is 0 Å². The van der Waals surface area contributed by atoms with Crippen molar-refractivity contribution in [2.75, 3.05) is 12.4 Å². The Labute approximate surface area is 108 Å². The first-order chi connectivity index (χ1) is 8.96. The quantitative estimate of drug-likeness (QED) is 0.599. The zero-order valence-corrected chi connectivity index (χ0v) is 10.1. The lowest BCUT2D eigenvalue weighted by molar-refractivity contribution is -0.146. The SMILES string of the molecule is CN1C(N)=NC(=O)[C@H]1[C@@]1(O)C(=O)Nc2ccccc21. The van der Waals surface area contributed by atoms with E-state index in [-0.39, 0.29) is 5.96 Å². The van der Waals surface area contributed by atoms with Crippen molar-refractivity contribution >= 4 is 23.5 Å². The number of nitrogens with two attached hydrogens (primary N) is 1. The van der Waals surface area contributed by atoms with E-state index in [0.29, 0.717) is 11.3 Å². The van der Waals surface area contributed by atoms with Gasteiger partial charge in [-0.3, -0.25) is 9.59 Å². The van der Waals surface area contributed by atoms with Gasteiger partial charge in [0.1, 0.15) is 0 Å². The number of guanidine groups is 1. The van der Waals surface area contributed by atoms with Crippen molar-refractivity contribution in [3.05, 3.63) is 29.8 Å². The lowest BCUT2D eigenvalue weighted by atomic mass is 9.86. The molecule has 7 nitrogen and oxygen atoms in total. The highest BCUT2D eigenvalue weighted by Gasteiger charge is 2.58. The Kier molecular flexibility index (Phi) is 2.18. The maximum atomic E-state index is 12.1. The van der Waals surface area contributed by atoms with Gasteiger partial charge in [0.2, 0.25) is 0 Å². The molecule has 19 heavy (non-hydrogen) atoms. The molecule has 0 unspecified atom stereocenters. The minimum absolute atomic E-state index is 0.0133. The summed E-state index contributed by atoms with van der Waals surface area (Å²) in [7, 11) is 1.51. The number of carbonyl (C=O) groups is 2. The zero-order chi connectivity index (χ0) is 13.8. The molecule has 4 N–H and O–H groups in total. The molecule has 0 aromatic heterocycles. The molecular weight excluding hydrogens is 248 g/mol. The van der Waals surface area contributed by atoms with E-state index in [4.69, 9.17) is 5.73 Å². The Morgan fingerprint density at radius 3 is 2.74 bits per heavy atom. The highest BCUT2D eigenvalue weighted by molar-refractivity contribution is 6.12. The average molecular weight is 260 g/mol. The smallest absolute Gasteiger partial charge is 0.275 e. The standard InChI is InChI=1S/C12H12N4O3/c1-16-8(9(17)15-11(16)13)12(19)6-4-2-3-5-7(6)14-10(12)18/h2-5,8,19H,1H3,(H,14,18)(H2,13,15,17)/t8-,12+/m0/s1. The molecule has 0 spiro atoms. The second-order valence-electron chi connectivity index (χ2n) is 4.59. The average Bonchev–Trinajstić information content (AvgIpc) is 2.77. The molecular formula is C12H12N4O3. The van der Waals surface area contributed by atoms with Crippen LogP contribution in [0.25, 0.3) is 0 Å². The summed E-state index contributed by atoms with van der Waals surface area (Å²) < 4.78 is 0. The molecule has 0 aliphatic carbocycles. The van der Waals surface area contributed by atoms with E-state index in [9.17, 15) is 14.7 Å². The Bertz CT molecular complexity index is 627. The lowest BCUT2D eigenvalue weighted by Gasteiger charge is -2.31. The van der Waals surface area contributed by atoms with Crippen molar-refractivity contribution in [1.82, 2.24) is 4.90 Å². The van der Waals surface area contributed by atoms with Gasteiger partial charge in [-0.15, -0.1) is 0 Å². The third kappa shape index (κ3) is 1.33. The first-order valence-corrected chi connectivity index (χ1v) is 5.70. The number of hydrogen-bond acceptors (Lipinski definition) is 5. The maximum absolute atomic E-state index is 12.1. The summed E-state index contributed by atoms with van der Waals surface area (Å²) in [6, 6.07) is 5.54. The summed E-state index contributed by atoms with van der Waals surface area (Å²) in [4.78, 5) is 28.9. The van der Waals surface area contributed by atoms with Gasteiger partial charge in [-0.05, 0) is 6.07 Å². The Hall–Kier alpha value is -2.41. The summed E-state index contributed by atoms with van der Waals surface area (Å²) >= 11 is 0. The van der Waals surface area contributed by atoms with Gasteiger partial charge in [0, 0.05) is 18.3 Å². The van der Waals surface area contributed by atoms with Crippen molar-refractivity contribution in [2.45, 2.75) is 11.6 Å². The number of hydrogen-bond donors (Lipinski definition) is 3. The van der Waals surface area contributed by atoms with Crippen LogP contribution in [-0.2, 0) is 15.2 Å². The van der Waals surface area contributed by atoms with E-state index in [0.717, 1.165) is 0 Å². The van der Waals surface area contributed by atoms with E-state index in [1.165, 1.54) is 11.9 Å². The number of amides is 2. The second kappa shape index (κ2) is 3.55. The zero-order valence-electron chi connectivity index (χ0n) is 10.1. The van der Waals surface area contributed by atoms with Gasteiger partial charge >= 0.3 is 0 Å². The molecule has 2 atom stereocenters. The molecule has 1 aromatic carbocycles. The van der Waals surface area contributed by atoms with Crippen LogP contribution in [0.5, 0.6) is 0 Å². The molecule has 2 aliphatic rings. The van der Waals surface area contributed by atoms with E-state index in [2.05, 4.69) is 10.3 Å². The summed E-state index contributed by atoms with van der Waals surface area (Å²) in [6.07, 6.45) is 0. The van der Waals surface area contributed by atoms with Gasteiger partial charge in [0.05, 0.1) is 0 Å². The topological polar surface area (TPSA) is 108 Å². The van der Waals surface area contributed by atoms with E-state index < -0.39 is 23.5 Å². The van der Waals surface area contributed by atoms with Crippen molar-refractivity contribution in [3.63, 3.8) is 0 Å². The number of nitrogens with zero attached hydrogens (tertiary/aromatic N) is 2. The number of para-hydroxylation sites is 1. The van der Waals surface area contributed by atoms with Crippen LogP contribution in [0.1, 0.15) is 5.56 Å². The normalized spacial score (nSPS) is 29.3. The number of likely N-dealkylation sites (N-methyl/N-ethyl adjacent to an activating group) is 1. The number of aliphatic hydroxyl groups is 1. The molecule has 2 aliphatic heterocycles. The molecule has 2 heterocycles. The van der Waals surface area contributed by atoms with Gasteiger partial charge in [-0.2, -0.15) is 4.99 Å².